The van der Waals surface area contributed by atoms with Crippen molar-refractivity contribution in [3.8, 4) is 5.75 Å². The standard InChI is InChI=1S/C19H19BrFNO3/c1-24-17-12-14(20)4-7-16(17)18(23)22-19(8-10-25-11-9-19)13-2-5-15(21)6-3-13/h2-7,12H,8-11H2,1H3,(H,22,23). The summed E-state index contributed by atoms with van der Waals surface area (Å²) in [6.45, 7) is 1.07. The molecule has 2 aromatic rings. The van der Waals surface area contributed by atoms with Crippen LogP contribution >= 0.6 is 15.9 Å². The minimum Gasteiger partial charge on any atom is -0.496 e. The third-order valence-corrected chi connectivity index (χ3v) is 5.00. The summed E-state index contributed by atoms with van der Waals surface area (Å²) in [5.41, 5.74) is 0.751. The van der Waals surface area contributed by atoms with Gasteiger partial charge in [0.05, 0.1) is 18.2 Å². The van der Waals surface area contributed by atoms with Crippen LogP contribution in [-0.4, -0.2) is 26.2 Å². The molecule has 1 aliphatic rings. The molecule has 0 spiro atoms. The van der Waals surface area contributed by atoms with Gasteiger partial charge in [-0.3, -0.25) is 4.79 Å². The van der Waals surface area contributed by atoms with Gasteiger partial charge in [-0.2, -0.15) is 0 Å². The molecule has 0 aliphatic carbocycles. The average Bonchev–Trinajstić information content (AvgIpc) is 2.62. The monoisotopic (exact) mass is 407 g/mol. The first-order valence-corrected chi connectivity index (χ1v) is 8.83. The molecule has 1 aliphatic heterocycles. The van der Waals surface area contributed by atoms with E-state index in [4.69, 9.17) is 9.47 Å². The minimum absolute atomic E-state index is 0.226. The minimum atomic E-state index is -0.582. The zero-order valence-electron chi connectivity index (χ0n) is 13.9. The van der Waals surface area contributed by atoms with Gasteiger partial charge in [0.2, 0.25) is 0 Å². The van der Waals surface area contributed by atoms with Crippen LogP contribution in [0.5, 0.6) is 5.75 Å². The van der Waals surface area contributed by atoms with Crippen LogP contribution < -0.4 is 10.1 Å². The van der Waals surface area contributed by atoms with Crippen molar-refractivity contribution in [1.82, 2.24) is 5.32 Å². The van der Waals surface area contributed by atoms with Gasteiger partial charge in [0, 0.05) is 17.7 Å². The lowest BCUT2D eigenvalue weighted by molar-refractivity contribution is 0.0344. The number of rotatable bonds is 4. The molecule has 132 valence electrons. The second-order valence-corrected chi connectivity index (χ2v) is 6.92. The van der Waals surface area contributed by atoms with Crippen LogP contribution in [0.2, 0.25) is 0 Å². The fourth-order valence-electron chi connectivity index (χ4n) is 3.11. The van der Waals surface area contributed by atoms with E-state index >= 15 is 0 Å². The van der Waals surface area contributed by atoms with Crippen LogP contribution in [0.15, 0.2) is 46.9 Å². The summed E-state index contributed by atoms with van der Waals surface area (Å²) in [5, 5.41) is 3.14. The fourth-order valence-corrected chi connectivity index (χ4v) is 3.45. The van der Waals surface area contributed by atoms with Gasteiger partial charge in [-0.15, -0.1) is 0 Å². The van der Waals surface area contributed by atoms with Crippen LogP contribution in [0.3, 0.4) is 0 Å². The molecule has 4 nitrogen and oxygen atoms in total. The Morgan fingerprint density at radius 1 is 1.20 bits per heavy atom. The lowest BCUT2D eigenvalue weighted by Crippen LogP contribution is -2.49. The van der Waals surface area contributed by atoms with E-state index in [0.717, 1.165) is 10.0 Å². The summed E-state index contributed by atoms with van der Waals surface area (Å²) in [6.07, 6.45) is 1.26. The highest BCUT2D eigenvalue weighted by Gasteiger charge is 2.36. The molecule has 1 saturated heterocycles. The molecular formula is C19H19BrFNO3. The van der Waals surface area contributed by atoms with Gasteiger partial charge >= 0.3 is 0 Å². The topological polar surface area (TPSA) is 47.6 Å². The summed E-state index contributed by atoms with van der Waals surface area (Å²) >= 11 is 3.38. The third-order valence-electron chi connectivity index (χ3n) is 4.50. The molecule has 1 N–H and O–H groups in total. The number of methoxy groups -OCH3 is 1. The molecule has 25 heavy (non-hydrogen) atoms. The third kappa shape index (κ3) is 3.85. The van der Waals surface area contributed by atoms with E-state index in [9.17, 15) is 9.18 Å². The smallest absolute Gasteiger partial charge is 0.255 e. The number of halogens is 2. The highest BCUT2D eigenvalue weighted by Crippen LogP contribution is 2.33. The molecule has 0 aromatic heterocycles. The van der Waals surface area contributed by atoms with Gasteiger partial charge in [0.1, 0.15) is 11.6 Å². The van der Waals surface area contributed by atoms with Crippen LogP contribution in [0.4, 0.5) is 4.39 Å². The molecule has 0 saturated carbocycles. The molecule has 0 radical (unpaired) electrons. The summed E-state index contributed by atoms with van der Waals surface area (Å²) < 4.78 is 24.9. The van der Waals surface area contributed by atoms with Crippen molar-refractivity contribution in [1.29, 1.82) is 0 Å². The van der Waals surface area contributed by atoms with Crippen molar-refractivity contribution in [2.24, 2.45) is 0 Å². The molecule has 3 rings (SSSR count). The maximum Gasteiger partial charge on any atom is 0.255 e. The zero-order chi connectivity index (χ0) is 17.9. The normalized spacial score (nSPS) is 16.3. The molecule has 1 heterocycles. The first-order chi connectivity index (χ1) is 12.0. The Kier molecular flexibility index (Phi) is 5.39. The fraction of sp³-hybridized carbons (Fsp3) is 0.316. The Labute approximate surface area is 154 Å². The van der Waals surface area contributed by atoms with Gasteiger partial charge in [-0.1, -0.05) is 28.1 Å². The Balaban J connectivity index is 1.93. The quantitative estimate of drug-likeness (QED) is 0.831. The van der Waals surface area contributed by atoms with Crippen molar-refractivity contribution in [3.63, 3.8) is 0 Å². The summed E-state index contributed by atoms with van der Waals surface area (Å²) in [6, 6.07) is 11.5. The number of carbonyl (C=O) groups is 1. The maximum atomic E-state index is 13.3. The van der Waals surface area contributed by atoms with E-state index in [0.29, 0.717) is 37.4 Å². The Morgan fingerprint density at radius 3 is 2.52 bits per heavy atom. The first kappa shape index (κ1) is 17.9. The first-order valence-electron chi connectivity index (χ1n) is 8.04. The van der Waals surface area contributed by atoms with Crippen molar-refractivity contribution in [2.45, 2.75) is 18.4 Å². The number of benzene rings is 2. The van der Waals surface area contributed by atoms with E-state index in [1.54, 1.807) is 30.3 Å². The number of amides is 1. The van der Waals surface area contributed by atoms with E-state index in [1.165, 1.54) is 19.2 Å². The second kappa shape index (κ2) is 7.54. The van der Waals surface area contributed by atoms with Crippen LogP contribution in [0, 0.1) is 5.82 Å². The van der Waals surface area contributed by atoms with Crippen molar-refractivity contribution < 1.29 is 18.7 Å². The summed E-state index contributed by atoms with van der Waals surface area (Å²) in [5.74, 6) is -0.0318. The van der Waals surface area contributed by atoms with Gasteiger partial charge < -0.3 is 14.8 Å². The highest BCUT2D eigenvalue weighted by atomic mass is 79.9. The van der Waals surface area contributed by atoms with Crippen LogP contribution in [-0.2, 0) is 10.3 Å². The Bertz CT molecular complexity index is 758. The highest BCUT2D eigenvalue weighted by molar-refractivity contribution is 9.10. The molecule has 1 amide bonds. The van der Waals surface area contributed by atoms with Crippen LogP contribution in [0.25, 0.3) is 0 Å². The number of ether oxygens (including phenoxy) is 2. The van der Waals surface area contributed by atoms with Gasteiger partial charge in [0.15, 0.2) is 0 Å². The molecule has 2 aromatic carbocycles. The molecule has 1 fully saturated rings. The van der Waals surface area contributed by atoms with E-state index in [1.807, 2.05) is 0 Å². The van der Waals surface area contributed by atoms with E-state index < -0.39 is 5.54 Å². The lowest BCUT2D eigenvalue weighted by Gasteiger charge is -2.38. The summed E-state index contributed by atoms with van der Waals surface area (Å²) in [4.78, 5) is 12.9. The van der Waals surface area contributed by atoms with Crippen LogP contribution in [0.1, 0.15) is 28.8 Å². The number of carbonyl (C=O) groups excluding carboxylic acids is 1. The van der Waals surface area contributed by atoms with Crippen molar-refractivity contribution >= 4 is 21.8 Å². The molecular weight excluding hydrogens is 389 g/mol. The average molecular weight is 408 g/mol. The maximum absolute atomic E-state index is 13.3. The number of hydrogen-bond donors (Lipinski definition) is 1. The Hall–Kier alpha value is -1.92. The zero-order valence-corrected chi connectivity index (χ0v) is 15.4. The predicted octanol–water partition coefficient (Wildman–Crippen LogP) is 4.03. The second-order valence-electron chi connectivity index (χ2n) is 6.00. The van der Waals surface area contributed by atoms with Gasteiger partial charge in [-0.05, 0) is 48.7 Å². The largest absolute Gasteiger partial charge is 0.496 e. The van der Waals surface area contributed by atoms with E-state index in [-0.39, 0.29) is 11.7 Å². The summed E-state index contributed by atoms with van der Waals surface area (Å²) in [7, 11) is 1.53. The van der Waals surface area contributed by atoms with Gasteiger partial charge in [0.25, 0.3) is 5.91 Å². The van der Waals surface area contributed by atoms with E-state index in [2.05, 4.69) is 21.2 Å². The number of nitrogens with one attached hydrogen (secondary N) is 1. The van der Waals surface area contributed by atoms with Gasteiger partial charge in [-0.25, -0.2) is 4.39 Å². The predicted molar refractivity (Wildman–Crippen MR) is 96.3 cm³/mol. The van der Waals surface area contributed by atoms with Crippen molar-refractivity contribution in [3.05, 3.63) is 63.9 Å². The molecule has 0 atom stereocenters. The lowest BCUT2D eigenvalue weighted by atomic mass is 9.82. The Morgan fingerprint density at radius 2 is 1.88 bits per heavy atom. The molecule has 6 heteroatoms. The SMILES string of the molecule is COc1cc(Br)ccc1C(=O)NC1(c2ccc(F)cc2)CCOCC1. The molecule has 0 unspecified atom stereocenters. The number of hydrogen-bond acceptors (Lipinski definition) is 3. The molecule has 0 bridgehead atoms. The van der Waals surface area contributed by atoms with Crippen molar-refractivity contribution in [2.75, 3.05) is 20.3 Å².